The minimum Gasteiger partial charge on any atom is -0.478 e. The smallest absolute Gasteiger partial charge is 0.336 e. The summed E-state index contributed by atoms with van der Waals surface area (Å²) in [4.78, 5) is 23.0. The number of H-pyrrole nitrogens is 1. The van der Waals surface area contributed by atoms with E-state index >= 15 is 0 Å². The number of carbonyl (C=O) groups is 1. The van der Waals surface area contributed by atoms with Crippen LogP contribution in [-0.2, 0) is 6.42 Å². The number of aromatic carboxylic acids is 1. The average molecular weight is 359 g/mol. The summed E-state index contributed by atoms with van der Waals surface area (Å²) in [7, 11) is 0. The van der Waals surface area contributed by atoms with Gasteiger partial charge < -0.3 is 5.11 Å². The van der Waals surface area contributed by atoms with Gasteiger partial charge in [0.15, 0.2) is 0 Å². The first-order valence-corrected chi connectivity index (χ1v) is 7.33. The van der Waals surface area contributed by atoms with Crippen molar-refractivity contribution in [2.24, 2.45) is 0 Å². The van der Waals surface area contributed by atoms with Gasteiger partial charge in [-0.25, -0.2) is 9.89 Å². The molecule has 0 bridgehead atoms. The Balaban J connectivity index is 2.08. The molecule has 0 aliphatic heterocycles. The van der Waals surface area contributed by atoms with Gasteiger partial charge in [0, 0.05) is 16.3 Å². The number of hydrogen-bond donors (Lipinski definition) is 2. The number of rotatable bonds is 3. The zero-order chi connectivity index (χ0) is 15.7. The largest absolute Gasteiger partial charge is 0.478 e. The Kier molecular flexibility index (Phi) is 3.77. The fourth-order valence-electron chi connectivity index (χ4n) is 2.35. The van der Waals surface area contributed by atoms with Crippen molar-refractivity contribution < 1.29 is 9.90 Å². The van der Waals surface area contributed by atoms with Gasteiger partial charge in [0.2, 0.25) is 0 Å². The number of nitrogens with one attached hydrogen (secondary N) is 1. The number of benzene rings is 2. The normalized spacial score (nSPS) is 10.8. The van der Waals surface area contributed by atoms with Gasteiger partial charge in [-0.1, -0.05) is 24.3 Å². The molecule has 0 radical (unpaired) electrons. The molecule has 0 saturated heterocycles. The van der Waals surface area contributed by atoms with Crippen molar-refractivity contribution in [1.29, 1.82) is 0 Å². The Bertz CT molecular complexity index is 934. The molecule has 0 saturated carbocycles. The zero-order valence-corrected chi connectivity index (χ0v) is 12.9. The average Bonchev–Trinajstić information content (AvgIpc) is 2.52. The van der Waals surface area contributed by atoms with Gasteiger partial charge >= 0.3 is 5.97 Å². The van der Waals surface area contributed by atoms with Crippen molar-refractivity contribution >= 4 is 32.7 Å². The van der Waals surface area contributed by atoms with E-state index < -0.39 is 5.97 Å². The molecule has 0 unspecified atom stereocenters. The summed E-state index contributed by atoms with van der Waals surface area (Å²) in [6, 6.07) is 12.4. The standard InChI is InChI=1S/C16H11BrN2O3/c17-13-6-5-9(7-12(13)16(21)22)8-14-10-3-1-2-4-11(10)15(20)19-18-14/h1-7H,8H2,(H,19,20)(H,21,22). The highest BCUT2D eigenvalue weighted by molar-refractivity contribution is 9.10. The van der Waals surface area contributed by atoms with Crippen molar-refractivity contribution in [3.05, 3.63) is 74.1 Å². The molecule has 0 aliphatic carbocycles. The quantitative estimate of drug-likeness (QED) is 0.753. The lowest BCUT2D eigenvalue weighted by Gasteiger charge is -2.07. The lowest BCUT2D eigenvalue weighted by molar-refractivity contribution is 0.0696. The molecule has 1 heterocycles. The first-order valence-electron chi connectivity index (χ1n) is 6.54. The number of nitrogens with zero attached hydrogens (tertiary/aromatic N) is 1. The van der Waals surface area contributed by atoms with Crippen molar-refractivity contribution in [2.75, 3.05) is 0 Å². The van der Waals surface area contributed by atoms with Crippen LogP contribution in [-0.4, -0.2) is 21.3 Å². The third-order valence-corrected chi connectivity index (χ3v) is 4.10. The van der Waals surface area contributed by atoms with Crippen LogP contribution in [0.1, 0.15) is 21.6 Å². The minimum absolute atomic E-state index is 0.200. The van der Waals surface area contributed by atoms with E-state index in [0.717, 1.165) is 10.9 Å². The maximum absolute atomic E-state index is 11.8. The van der Waals surface area contributed by atoms with E-state index in [-0.39, 0.29) is 11.1 Å². The maximum atomic E-state index is 11.8. The monoisotopic (exact) mass is 358 g/mol. The Labute approximate surface area is 133 Å². The molecule has 2 N–H and O–H groups in total. The van der Waals surface area contributed by atoms with E-state index in [9.17, 15) is 14.7 Å². The Morgan fingerprint density at radius 2 is 1.91 bits per heavy atom. The molecule has 0 fully saturated rings. The van der Waals surface area contributed by atoms with Crippen LogP contribution in [0.5, 0.6) is 0 Å². The van der Waals surface area contributed by atoms with Crippen LogP contribution in [0.2, 0.25) is 0 Å². The number of aromatic amines is 1. The third-order valence-electron chi connectivity index (χ3n) is 3.41. The molecule has 22 heavy (non-hydrogen) atoms. The molecule has 3 rings (SSSR count). The van der Waals surface area contributed by atoms with Gasteiger partial charge in [-0.2, -0.15) is 5.10 Å². The van der Waals surface area contributed by atoms with Crippen molar-refractivity contribution in [3.8, 4) is 0 Å². The molecule has 0 spiro atoms. The molecule has 1 aromatic heterocycles. The van der Waals surface area contributed by atoms with Crippen LogP contribution >= 0.6 is 15.9 Å². The molecule has 3 aromatic rings. The lowest BCUT2D eigenvalue weighted by atomic mass is 10.0. The van der Waals surface area contributed by atoms with Crippen molar-refractivity contribution in [3.63, 3.8) is 0 Å². The van der Waals surface area contributed by atoms with Gasteiger partial charge in [-0.05, 0) is 39.7 Å². The maximum Gasteiger partial charge on any atom is 0.336 e. The van der Waals surface area contributed by atoms with Crippen LogP contribution in [0.15, 0.2) is 51.7 Å². The number of carboxylic acid groups (broad SMARTS) is 1. The number of hydrogen-bond acceptors (Lipinski definition) is 3. The highest BCUT2D eigenvalue weighted by Gasteiger charge is 2.11. The first-order chi connectivity index (χ1) is 10.6. The molecule has 6 heteroatoms. The topological polar surface area (TPSA) is 83.0 Å². The Morgan fingerprint density at radius 1 is 1.18 bits per heavy atom. The van der Waals surface area contributed by atoms with Crippen LogP contribution in [0.4, 0.5) is 0 Å². The van der Waals surface area contributed by atoms with Crippen LogP contribution in [0, 0.1) is 0 Å². The summed E-state index contributed by atoms with van der Waals surface area (Å²) in [5, 5.41) is 17.1. The van der Waals surface area contributed by atoms with E-state index in [0.29, 0.717) is 22.0 Å². The number of carboxylic acids is 1. The summed E-state index contributed by atoms with van der Waals surface area (Å²) >= 11 is 3.22. The van der Waals surface area contributed by atoms with Crippen molar-refractivity contribution in [1.82, 2.24) is 10.2 Å². The zero-order valence-electron chi connectivity index (χ0n) is 11.3. The predicted octanol–water partition coefficient (Wildman–Crippen LogP) is 2.97. The molecular weight excluding hydrogens is 348 g/mol. The van der Waals surface area contributed by atoms with Crippen LogP contribution in [0.3, 0.4) is 0 Å². The fraction of sp³-hybridized carbons (Fsp3) is 0.0625. The molecular formula is C16H11BrN2O3. The molecule has 5 nitrogen and oxygen atoms in total. The second kappa shape index (κ2) is 5.73. The molecule has 0 aliphatic rings. The van der Waals surface area contributed by atoms with E-state index in [4.69, 9.17) is 0 Å². The highest BCUT2D eigenvalue weighted by Crippen LogP contribution is 2.21. The molecule has 0 atom stereocenters. The van der Waals surface area contributed by atoms with Gasteiger partial charge in [-0.15, -0.1) is 0 Å². The molecule has 2 aromatic carbocycles. The predicted molar refractivity (Wildman–Crippen MR) is 86.3 cm³/mol. The van der Waals surface area contributed by atoms with E-state index in [2.05, 4.69) is 26.1 Å². The molecule has 110 valence electrons. The van der Waals surface area contributed by atoms with Crippen LogP contribution < -0.4 is 5.56 Å². The summed E-state index contributed by atoms with van der Waals surface area (Å²) in [5.74, 6) is -0.993. The molecule has 0 amide bonds. The Morgan fingerprint density at radius 3 is 2.64 bits per heavy atom. The van der Waals surface area contributed by atoms with Gasteiger partial charge in [-0.3, -0.25) is 4.79 Å². The minimum atomic E-state index is -0.993. The third kappa shape index (κ3) is 2.65. The van der Waals surface area contributed by atoms with Gasteiger partial charge in [0.25, 0.3) is 5.56 Å². The van der Waals surface area contributed by atoms with Crippen molar-refractivity contribution in [2.45, 2.75) is 6.42 Å². The summed E-state index contributed by atoms with van der Waals surface area (Å²) < 4.78 is 0.531. The van der Waals surface area contributed by atoms with E-state index in [1.165, 1.54) is 0 Å². The summed E-state index contributed by atoms with van der Waals surface area (Å²) in [5.41, 5.74) is 1.48. The number of aromatic nitrogens is 2. The summed E-state index contributed by atoms with van der Waals surface area (Å²) in [6.07, 6.45) is 0.435. The van der Waals surface area contributed by atoms with E-state index in [1.807, 2.05) is 18.2 Å². The first kappa shape index (κ1) is 14.5. The lowest BCUT2D eigenvalue weighted by Crippen LogP contribution is -2.11. The number of halogens is 1. The second-order valence-electron chi connectivity index (χ2n) is 4.84. The van der Waals surface area contributed by atoms with Gasteiger partial charge in [0.05, 0.1) is 16.6 Å². The summed E-state index contributed by atoms with van der Waals surface area (Å²) in [6.45, 7) is 0. The fourth-order valence-corrected chi connectivity index (χ4v) is 2.76. The van der Waals surface area contributed by atoms with Crippen LogP contribution in [0.25, 0.3) is 10.8 Å². The SMILES string of the molecule is O=C(O)c1cc(Cc2n[nH]c(=O)c3ccccc23)ccc1Br. The highest BCUT2D eigenvalue weighted by atomic mass is 79.9. The van der Waals surface area contributed by atoms with E-state index in [1.54, 1.807) is 24.3 Å². The Hall–Kier alpha value is -2.47. The van der Waals surface area contributed by atoms with Gasteiger partial charge in [0.1, 0.15) is 0 Å². The number of fused-ring (bicyclic) bond motifs is 1. The second-order valence-corrected chi connectivity index (χ2v) is 5.70.